The van der Waals surface area contributed by atoms with Gasteiger partial charge in [-0.2, -0.15) is 0 Å². The highest BCUT2D eigenvalue weighted by molar-refractivity contribution is 5.78. The van der Waals surface area contributed by atoms with Crippen molar-refractivity contribution in [3.05, 3.63) is 29.1 Å². The third-order valence-electron chi connectivity index (χ3n) is 3.17. The highest BCUT2D eigenvalue weighted by Crippen LogP contribution is 2.21. The predicted molar refractivity (Wildman–Crippen MR) is 71.9 cm³/mol. The zero-order valence-corrected chi connectivity index (χ0v) is 11.1. The zero-order chi connectivity index (χ0) is 12.6. The summed E-state index contributed by atoms with van der Waals surface area (Å²) in [4.78, 5) is 4.62. The minimum absolute atomic E-state index is 0.499. The molecule has 0 aliphatic rings. The maximum absolute atomic E-state index is 5.78. The Hall–Kier alpha value is -1.35. The molecule has 0 radical (unpaired) electrons. The van der Waals surface area contributed by atoms with E-state index < -0.39 is 0 Å². The highest BCUT2D eigenvalue weighted by atomic mass is 15.1. The van der Waals surface area contributed by atoms with Crippen LogP contribution >= 0.6 is 0 Å². The molecular weight excluding hydrogens is 210 g/mol. The summed E-state index contributed by atoms with van der Waals surface area (Å²) >= 11 is 0. The first-order valence-electron chi connectivity index (χ1n) is 6.19. The normalized spacial score (nSPS) is 11.6. The second-order valence-electron chi connectivity index (χ2n) is 5.16. The van der Waals surface area contributed by atoms with E-state index in [4.69, 9.17) is 5.73 Å². The monoisotopic (exact) mass is 231 g/mol. The van der Waals surface area contributed by atoms with Gasteiger partial charge in [-0.25, -0.2) is 4.98 Å². The van der Waals surface area contributed by atoms with Crippen molar-refractivity contribution in [1.29, 1.82) is 0 Å². The van der Waals surface area contributed by atoms with Crippen molar-refractivity contribution in [1.82, 2.24) is 9.55 Å². The fourth-order valence-electron chi connectivity index (χ4n) is 2.15. The molecule has 0 spiro atoms. The number of nitrogens with zero attached hydrogens (tertiary/aromatic N) is 2. The molecule has 2 N–H and O–H groups in total. The summed E-state index contributed by atoms with van der Waals surface area (Å²) in [6.07, 6.45) is 0. The molecule has 0 fully saturated rings. The molecule has 0 atom stereocenters. The molecule has 0 saturated carbocycles. The molecule has 0 saturated heterocycles. The van der Waals surface area contributed by atoms with Crippen LogP contribution in [0.1, 0.15) is 30.8 Å². The van der Waals surface area contributed by atoms with Crippen molar-refractivity contribution < 1.29 is 0 Å². The lowest BCUT2D eigenvalue weighted by molar-refractivity contribution is 0.517. The molecule has 0 aliphatic carbocycles. The lowest BCUT2D eigenvalue weighted by Crippen LogP contribution is -2.11. The number of hydrogen-bond acceptors (Lipinski definition) is 2. The van der Waals surface area contributed by atoms with Crippen LogP contribution in [-0.4, -0.2) is 9.55 Å². The van der Waals surface area contributed by atoms with Crippen LogP contribution in [0, 0.1) is 19.8 Å². The van der Waals surface area contributed by atoms with E-state index >= 15 is 0 Å². The molecule has 3 heteroatoms. The summed E-state index contributed by atoms with van der Waals surface area (Å²) in [5.41, 5.74) is 10.7. The minimum atomic E-state index is 0.499. The average Bonchev–Trinajstić information content (AvgIpc) is 2.57. The van der Waals surface area contributed by atoms with Crippen molar-refractivity contribution in [3.63, 3.8) is 0 Å². The summed E-state index contributed by atoms with van der Waals surface area (Å²) in [6, 6.07) is 4.37. The second kappa shape index (κ2) is 4.49. The first-order chi connectivity index (χ1) is 8.02. The van der Waals surface area contributed by atoms with Crippen LogP contribution in [0.3, 0.4) is 0 Å². The van der Waals surface area contributed by atoms with E-state index in [0.717, 1.165) is 17.9 Å². The molecule has 1 aromatic heterocycles. The molecular formula is C14H21N3. The van der Waals surface area contributed by atoms with Crippen molar-refractivity contribution >= 4 is 11.0 Å². The summed E-state index contributed by atoms with van der Waals surface area (Å²) < 4.78 is 2.26. The van der Waals surface area contributed by atoms with E-state index in [9.17, 15) is 0 Å². The van der Waals surface area contributed by atoms with Crippen LogP contribution in [-0.2, 0) is 13.1 Å². The Labute approximate surface area is 103 Å². The van der Waals surface area contributed by atoms with Crippen molar-refractivity contribution in [2.24, 2.45) is 11.7 Å². The Kier molecular flexibility index (Phi) is 3.20. The predicted octanol–water partition coefficient (Wildman–Crippen LogP) is 2.77. The van der Waals surface area contributed by atoms with Gasteiger partial charge < -0.3 is 10.3 Å². The molecule has 1 aromatic carbocycles. The van der Waals surface area contributed by atoms with Gasteiger partial charge >= 0.3 is 0 Å². The SMILES string of the molecule is Cc1cc2nc(CN)n(CC(C)C)c2cc1C. The van der Waals surface area contributed by atoms with Gasteiger partial charge in [0.25, 0.3) is 0 Å². The highest BCUT2D eigenvalue weighted by Gasteiger charge is 2.11. The number of benzene rings is 1. The van der Waals surface area contributed by atoms with E-state index in [1.807, 2.05) is 0 Å². The molecule has 3 nitrogen and oxygen atoms in total. The van der Waals surface area contributed by atoms with E-state index in [2.05, 4.69) is 49.4 Å². The first-order valence-corrected chi connectivity index (χ1v) is 6.19. The molecule has 2 aromatic rings. The first kappa shape index (κ1) is 12.1. The van der Waals surface area contributed by atoms with Gasteiger partial charge in [-0.3, -0.25) is 0 Å². The molecule has 92 valence electrons. The van der Waals surface area contributed by atoms with Crippen LogP contribution in [0.25, 0.3) is 11.0 Å². The molecule has 17 heavy (non-hydrogen) atoms. The summed E-state index contributed by atoms with van der Waals surface area (Å²) in [6.45, 7) is 10.2. The van der Waals surface area contributed by atoms with Gasteiger partial charge in [0.1, 0.15) is 5.82 Å². The van der Waals surface area contributed by atoms with Gasteiger partial charge in [-0.05, 0) is 43.0 Å². The van der Waals surface area contributed by atoms with Gasteiger partial charge in [-0.15, -0.1) is 0 Å². The van der Waals surface area contributed by atoms with Gasteiger partial charge in [0.15, 0.2) is 0 Å². The Balaban J connectivity index is 2.65. The Morgan fingerprint density at radius 3 is 2.47 bits per heavy atom. The third kappa shape index (κ3) is 2.20. The Morgan fingerprint density at radius 2 is 1.88 bits per heavy atom. The standard InChI is InChI=1S/C14H21N3/c1-9(2)8-17-13-6-11(4)10(3)5-12(13)16-14(17)7-15/h5-6,9H,7-8,15H2,1-4H3. The van der Waals surface area contributed by atoms with E-state index in [1.165, 1.54) is 16.6 Å². The van der Waals surface area contributed by atoms with Crippen molar-refractivity contribution in [2.45, 2.75) is 40.8 Å². The number of hydrogen-bond donors (Lipinski definition) is 1. The number of nitrogens with two attached hydrogens (primary N) is 1. The van der Waals surface area contributed by atoms with Crippen LogP contribution in [0.5, 0.6) is 0 Å². The summed E-state index contributed by atoms with van der Waals surface area (Å²) in [7, 11) is 0. The third-order valence-corrected chi connectivity index (χ3v) is 3.17. The Morgan fingerprint density at radius 1 is 1.24 bits per heavy atom. The molecule has 1 heterocycles. The van der Waals surface area contributed by atoms with Crippen LogP contribution < -0.4 is 5.73 Å². The lowest BCUT2D eigenvalue weighted by Gasteiger charge is -2.11. The van der Waals surface area contributed by atoms with Crippen LogP contribution in [0.4, 0.5) is 0 Å². The molecule has 0 bridgehead atoms. The smallest absolute Gasteiger partial charge is 0.123 e. The van der Waals surface area contributed by atoms with E-state index in [0.29, 0.717) is 12.5 Å². The average molecular weight is 231 g/mol. The van der Waals surface area contributed by atoms with Gasteiger partial charge in [0.2, 0.25) is 0 Å². The Bertz CT molecular complexity index is 538. The fourth-order valence-corrected chi connectivity index (χ4v) is 2.15. The maximum Gasteiger partial charge on any atom is 0.123 e. The van der Waals surface area contributed by atoms with Gasteiger partial charge in [-0.1, -0.05) is 13.8 Å². The summed E-state index contributed by atoms with van der Waals surface area (Å²) in [5.74, 6) is 1.58. The molecule has 2 rings (SSSR count). The van der Waals surface area contributed by atoms with Crippen molar-refractivity contribution in [2.75, 3.05) is 0 Å². The topological polar surface area (TPSA) is 43.8 Å². The number of aryl methyl sites for hydroxylation is 2. The number of aromatic nitrogens is 2. The van der Waals surface area contributed by atoms with Crippen LogP contribution in [0.2, 0.25) is 0 Å². The lowest BCUT2D eigenvalue weighted by atomic mass is 10.1. The van der Waals surface area contributed by atoms with Gasteiger partial charge in [0, 0.05) is 6.54 Å². The van der Waals surface area contributed by atoms with Gasteiger partial charge in [0.05, 0.1) is 17.6 Å². The minimum Gasteiger partial charge on any atom is -0.327 e. The van der Waals surface area contributed by atoms with Crippen LogP contribution in [0.15, 0.2) is 12.1 Å². The molecule has 0 aliphatic heterocycles. The molecule has 0 amide bonds. The number of imidazole rings is 1. The second-order valence-corrected chi connectivity index (χ2v) is 5.16. The maximum atomic E-state index is 5.78. The number of fused-ring (bicyclic) bond motifs is 1. The molecule has 0 unspecified atom stereocenters. The van der Waals surface area contributed by atoms with E-state index in [-0.39, 0.29) is 0 Å². The number of rotatable bonds is 3. The van der Waals surface area contributed by atoms with E-state index in [1.54, 1.807) is 0 Å². The summed E-state index contributed by atoms with van der Waals surface area (Å²) in [5, 5.41) is 0. The largest absolute Gasteiger partial charge is 0.327 e. The zero-order valence-electron chi connectivity index (χ0n) is 11.1. The quantitative estimate of drug-likeness (QED) is 0.882. The fraction of sp³-hybridized carbons (Fsp3) is 0.500. The van der Waals surface area contributed by atoms with Crippen molar-refractivity contribution in [3.8, 4) is 0 Å².